The summed E-state index contributed by atoms with van der Waals surface area (Å²) < 4.78 is 5.36. The molecule has 0 amide bonds. The minimum absolute atomic E-state index is 0.0664. The molecule has 0 aliphatic rings. The van der Waals surface area contributed by atoms with Gasteiger partial charge in [-0.1, -0.05) is 0 Å². The monoisotopic (exact) mass is 183 g/mol. The third-order valence-corrected chi connectivity index (χ3v) is 2.22. The van der Waals surface area contributed by atoms with Crippen LogP contribution in [0.5, 0.6) is 0 Å². The van der Waals surface area contributed by atoms with Crippen LogP contribution in [0.3, 0.4) is 0 Å². The van der Waals surface area contributed by atoms with Crippen LogP contribution in [0.1, 0.15) is 33.6 Å². The Kier molecular flexibility index (Phi) is 5.77. The Morgan fingerprint density at radius 1 is 1.46 bits per heavy atom. The van der Waals surface area contributed by atoms with Crippen LogP contribution in [0.2, 0.25) is 0 Å². The van der Waals surface area contributed by atoms with Crippen LogP contribution in [0, 0.1) is 11.8 Å². The molecule has 1 unspecified atom stereocenters. The third-order valence-electron chi connectivity index (χ3n) is 2.22. The van der Waals surface area contributed by atoms with E-state index in [1.54, 1.807) is 7.11 Å². The summed E-state index contributed by atoms with van der Waals surface area (Å²) in [5.41, 5.74) is -0.0664. The van der Waals surface area contributed by atoms with E-state index in [1.807, 2.05) is 14.0 Å². The molecule has 76 valence electrons. The summed E-state index contributed by atoms with van der Waals surface area (Å²) in [6.45, 7) is 6.06. The average molecular weight is 183 g/mol. The zero-order chi connectivity index (χ0) is 10.3. The zero-order valence-corrected chi connectivity index (χ0v) is 9.40. The van der Waals surface area contributed by atoms with E-state index in [1.165, 1.54) is 0 Å². The van der Waals surface area contributed by atoms with Gasteiger partial charge in [0.25, 0.3) is 0 Å². The molecule has 0 fully saturated rings. The molecule has 0 aromatic heterocycles. The van der Waals surface area contributed by atoms with Crippen LogP contribution >= 0.6 is 0 Å². The predicted octanol–water partition coefficient (Wildman–Crippen LogP) is 1.80. The van der Waals surface area contributed by atoms with Crippen molar-refractivity contribution in [2.75, 3.05) is 14.2 Å². The highest BCUT2D eigenvalue weighted by Gasteiger charge is 2.20. The number of rotatable bonds is 5. The number of nitrogens with one attached hydrogen (secondary N) is 1. The Balaban J connectivity index is 4.01. The number of hydrogen-bond acceptors (Lipinski definition) is 2. The summed E-state index contributed by atoms with van der Waals surface area (Å²) in [5, 5.41) is 3.24. The van der Waals surface area contributed by atoms with Crippen LogP contribution in [0.15, 0.2) is 0 Å². The molecule has 0 aromatic rings. The molecule has 0 saturated heterocycles. The fourth-order valence-electron chi connectivity index (χ4n) is 1.18. The largest absolute Gasteiger partial charge is 0.379 e. The zero-order valence-electron chi connectivity index (χ0n) is 9.40. The van der Waals surface area contributed by atoms with Gasteiger partial charge in [-0.2, -0.15) is 0 Å². The molecule has 13 heavy (non-hydrogen) atoms. The summed E-state index contributed by atoms with van der Waals surface area (Å²) in [5.74, 6) is 5.98. The van der Waals surface area contributed by atoms with Gasteiger partial charge in [0.05, 0.1) is 5.60 Å². The first kappa shape index (κ1) is 12.5. The van der Waals surface area contributed by atoms with Crippen molar-refractivity contribution in [3.8, 4) is 11.8 Å². The lowest BCUT2D eigenvalue weighted by atomic mass is 9.97. The fourth-order valence-corrected chi connectivity index (χ4v) is 1.18. The minimum atomic E-state index is -0.0664. The van der Waals surface area contributed by atoms with Crippen molar-refractivity contribution in [1.82, 2.24) is 5.32 Å². The van der Waals surface area contributed by atoms with Gasteiger partial charge in [0.1, 0.15) is 0 Å². The molecule has 1 atom stereocenters. The molecule has 2 nitrogen and oxygen atoms in total. The standard InChI is InChI=1S/C11H21NO/c1-6-7-8-10(12-4)9-11(2,3)13-5/h10,12H,8-9H2,1-5H3. The highest BCUT2D eigenvalue weighted by Crippen LogP contribution is 2.16. The first-order chi connectivity index (χ1) is 6.05. The van der Waals surface area contributed by atoms with Gasteiger partial charge in [-0.25, -0.2) is 0 Å². The van der Waals surface area contributed by atoms with Gasteiger partial charge in [0.15, 0.2) is 0 Å². The van der Waals surface area contributed by atoms with Gasteiger partial charge in [0.2, 0.25) is 0 Å². The molecule has 0 bridgehead atoms. The topological polar surface area (TPSA) is 21.3 Å². The molecule has 2 heteroatoms. The Bertz CT molecular complexity index is 188. The predicted molar refractivity (Wildman–Crippen MR) is 56.6 cm³/mol. The van der Waals surface area contributed by atoms with Crippen LogP contribution in [0.25, 0.3) is 0 Å². The van der Waals surface area contributed by atoms with Crippen LogP contribution in [-0.4, -0.2) is 25.8 Å². The number of hydrogen-bond donors (Lipinski definition) is 1. The second kappa shape index (κ2) is 6.01. The van der Waals surface area contributed by atoms with Gasteiger partial charge in [0, 0.05) is 19.6 Å². The molecular formula is C11H21NO. The highest BCUT2D eigenvalue weighted by atomic mass is 16.5. The molecule has 0 aliphatic heterocycles. The van der Waals surface area contributed by atoms with Gasteiger partial charge in [-0.15, -0.1) is 11.8 Å². The molecule has 0 saturated carbocycles. The molecule has 0 radical (unpaired) electrons. The molecular weight excluding hydrogens is 162 g/mol. The van der Waals surface area contributed by atoms with Crippen LogP contribution in [0.4, 0.5) is 0 Å². The van der Waals surface area contributed by atoms with Crippen LogP contribution in [-0.2, 0) is 4.74 Å². The second-order valence-corrected chi connectivity index (χ2v) is 3.78. The maximum absolute atomic E-state index is 5.36. The second-order valence-electron chi connectivity index (χ2n) is 3.78. The van der Waals surface area contributed by atoms with E-state index in [9.17, 15) is 0 Å². The molecule has 0 aromatic carbocycles. The summed E-state index contributed by atoms with van der Waals surface area (Å²) in [6.07, 6.45) is 1.87. The van der Waals surface area contributed by atoms with Crippen molar-refractivity contribution in [2.24, 2.45) is 0 Å². The van der Waals surface area contributed by atoms with E-state index in [0.717, 1.165) is 12.8 Å². The van der Waals surface area contributed by atoms with E-state index in [-0.39, 0.29) is 5.60 Å². The lowest BCUT2D eigenvalue weighted by Gasteiger charge is -2.27. The Morgan fingerprint density at radius 2 is 2.08 bits per heavy atom. The molecule has 0 spiro atoms. The Morgan fingerprint density at radius 3 is 2.46 bits per heavy atom. The van der Waals surface area contributed by atoms with Gasteiger partial charge < -0.3 is 10.1 Å². The maximum Gasteiger partial charge on any atom is 0.0637 e. The highest BCUT2D eigenvalue weighted by molar-refractivity contribution is 4.98. The molecule has 0 aliphatic carbocycles. The van der Waals surface area contributed by atoms with Gasteiger partial charge >= 0.3 is 0 Å². The summed E-state index contributed by atoms with van der Waals surface area (Å²) in [7, 11) is 3.71. The smallest absolute Gasteiger partial charge is 0.0637 e. The molecule has 0 rings (SSSR count). The van der Waals surface area contributed by atoms with Crippen molar-refractivity contribution in [3.63, 3.8) is 0 Å². The first-order valence-electron chi connectivity index (χ1n) is 4.67. The van der Waals surface area contributed by atoms with E-state index >= 15 is 0 Å². The fraction of sp³-hybridized carbons (Fsp3) is 0.818. The van der Waals surface area contributed by atoms with E-state index < -0.39 is 0 Å². The Labute approximate surface area is 82.1 Å². The van der Waals surface area contributed by atoms with Crippen LogP contribution < -0.4 is 5.32 Å². The van der Waals surface area contributed by atoms with Gasteiger partial charge in [-0.3, -0.25) is 0 Å². The lowest BCUT2D eigenvalue weighted by Crippen LogP contribution is -2.35. The minimum Gasteiger partial charge on any atom is -0.379 e. The summed E-state index contributed by atoms with van der Waals surface area (Å²) in [6, 6.07) is 0.419. The SMILES string of the molecule is CC#CCC(CC(C)(C)OC)NC. The molecule has 1 N–H and O–H groups in total. The van der Waals surface area contributed by atoms with E-state index in [2.05, 4.69) is 31.0 Å². The lowest BCUT2D eigenvalue weighted by molar-refractivity contribution is 0.00809. The van der Waals surface area contributed by atoms with Gasteiger partial charge in [-0.05, 0) is 34.2 Å². The Hall–Kier alpha value is -0.520. The van der Waals surface area contributed by atoms with E-state index in [0.29, 0.717) is 6.04 Å². The van der Waals surface area contributed by atoms with Crippen molar-refractivity contribution >= 4 is 0 Å². The van der Waals surface area contributed by atoms with Crippen molar-refractivity contribution in [1.29, 1.82) is 0 Å². The van der Waals surface area contributed by atoms with Crippen molar-refractivity contribution in [3.05, 3.63) is 0 Å². The quantitative estimate of drug-likeness (QED) is 0.656. The maximum atomic E-state index is 5.36. The third kappa shape index (κ3) is 5.68. The number of methoxy groups -OCH3 is 1. The first-order valence-corrected chi connectivity index (χ1v) is 4.67. The molecule has 0 heterocycles. The van der Waals surface area contributed by atoms with E-state index in [4.69, 9.17) is 4.74 Å². The normalized spacial score (nSPS) is 13.3. The summed E-state index contributed by atoms with van der Waals surface area (Å²) >= 11 is 0. The summed E-state index contributed by atoms with van der Waals surface area (Å²) in [4.78, 5) is 0. The average Bonchev–Trinajstić information content (AvgIpc) is 2.12. The van der Waals surface area contributed by atoms with Crippen molar-refractivity contribution in [2.45, 2.75) is 45.3 Å². The van der Waals surface area contributed by atoms with Crippen molar-refractivity contribution < 1.29 is 4.74 Å². The number of ether oxygens (including phenoxy) is 1.